The molecule has 0 fully saturated rings. The monoisotopic (exact) mass is 323 g/mol. The molecule has 0 amide bonds. The Bertz CT molecular complexity index is 728. The molecule has 2 rings (SSSR count). The molecule has 2 aromatic carbocycles. The normalized spacial score (nSPS) is 11.8. The summed E-state index contributed by atoms with van der Waals surface area (Å²) in [6.07, 6.45) is 0. The molecule has 0 heterocycles. The topological polar surface area (TPSA) is 50.6 Å². The van der Waals surface area contributed by atoms with Gasteiger partial charge < -0.3 is 4.90 Å². The first-order chi connectivity index (χ1) is 10.4. The van der Waals surface area contributed by atoms with Crippen LogP contribution in [0.25, 0.3) is 0 Å². The second-order valence-corrected chi connectivity index (χ2v) is 7.19. The summed E-state index contributed by atoms with van der Waals surface area (Å²) < 4.78 is 40.2. The number of sulfonamides is 1. The van der Waals surface area contributed by atoms with Gasteiger partial charge in [-0.05, 0) is 17.7 Å². The zero-order valence-electron chi connectivity index (χ0n) is 12.6. The average Bonchev–Trinajstić information content (AvgIpc) is 2.46. The van der Waals surface area contributed by atoms with Gasteiger partial charge in [-0.3, -0.25) is 0 Å². The van der Waals surface area contributed by atoms with Crippen molar-refractivity contribution < 1.29 is 17.7 Å². The fourth-order valence-electron chi connectivity index (χ4n) is 2.10. The molecule has 0 saturated heterocycles. The first kappa shape index (κ1) is 16.6. The summed E-state index contributed by atoms with van der Waals surface area (Å²) in [5.41, 5.74) is 2.01. The van der Waals surface area contributed by atoms with Crippen LogP contribution in [0.15, 0.2) is 53.4 Å². The third-order valence-electron chi connectivity index (χ3n) is 3.17. The van der Waals surface area contributed by atoms with E-state index in [1.807, 2.05) is 24.3 Å². The molecule has 0 aliphatic rings. The van der Waals surface area contributed by atoms with Crippen LogP contribution in [0.3, 0.4) is 0 Å². The Labute approximate surface area is 130 Å². The van der Waals surface area contributed by atoms with E-state index >= 15 is 0 Å². The maximum atomic E-state index is 13.6. The van der Waals surface area contributed by atoms with E-state index in [-0.39, 0.29) is 11.4 Å². The van der Waals surface area contributed by atoms with Gasteiger partial charge in [-0.15, -0.1) is 0 Å². The smallest absolute Gasteiger partial charge is 0.243 e. The fraction of sp³-hybridized carbons (Fsp3) is 0.250. The van der Waals surface area contributed by atoms with Gasteiger partial charge in [0.25, 0.3) is 0 Å². The highest BCUT2D eigenvalue weighted by molar-refractivity contribution is 7.89. The van der Waals surface area contributed by atoms with Crippen molar-refractivity contribution in [2.75, 3.05) is 14.1 Å². The van der Waals surface area contributed by atoms with Crippen molar-refractivity contribution in [1.82, 2.24) is 4.72 Å². The summed E-state index contributed by atoms with van der Waals surface area (Å²) >= 11 is 0. The van der Waals surface area contributed by atoms with Gasteiger partial charge in [-0.25, -0.2) is 17.5 Å². The van der Waals surface area contributed by atoms with Crippen molar-refractivity contribution in [2.45, 2.75) is 18.0 Å². The van der Waals surface area contributed by atoms with Crippen LogP contribution in [0.1, 0.15) is 11.1 Å². The van der Waals surface area contributed by atoms with Crippen molar-refractivity contribution in [3.63, 3.8) is 0 Å². The quantitative estimate of drug-likeness (QED) is 0.832. The number of benzene rings is 2. The molecular formula is C16H20FN2O2S+. The summed E-state index contributed by atoms with van der Waals surface area (Å²) in [5, 5.41) is 0. The van der Waals surface area contributed by atoms with Crippen molar-refractivity contribution in [3.05, 3.63) is 65.5 Å². The molecule has 0 aromatic heterocycles. The Hall–Kier alpha value is -1.76. The largest absolute Gasteiger partial charge is 0.336 e. The Morgan fingerprint density at radius 3 is 2.18 bits per heavy atom. The van der Waals surface area contributed by atoms with Crippen LogP contribution in [0.2, 0.25) is 0 Å². The zero-order chi connectivity index (χ0) is 16.2. The van der Waals surface area contributed by atoms with E-state index in [9.17, 15) is 12.8 Å². The van der Waals surface area contributed by atoms with Crippen LogP contribution in [-0.2, 0) is 23.1 Å². The number of hydrogen-bond donors (Lipinski definition) is 2. The number of rotatable bonds is 6. The van der Waals surface area contributed by atoms with Gasteiger partial charge in [0.05, 0.1) is 14.1 Å². The lowest BCUT2D eigenvalue weighted by molar-refractivity contribution is -0.872. The fourth-order valence-corrected chi connectivity index (χ4v) is 3.20. The van der Waals surface area contributed by atoms with Crippen LogP contribution < -0.4 is 9.62 Å². The number of hydrogen-bond acceptors (Lipinski definition) is 2. The maximum Gasteiger partial charge on any atom is 0.243 e. The predicted octanol–water partition coefficient (Wildman–Crippen LogP) is 0.949. The highest BCUT2D eigenvalue weighted by atomic mass is 32.2. The van der Waals surface area contributed by atoms with Gasteiger partial charge in [-0.2, -0.15) is 0 Å². The summed E-state index contributed by atoms with van der Waals surface area (Å²) in [6.45, 7) is 1.03. The van der Waals surface area contributed by atoms with Crippen molar-refractivity contribution in [1.29, 1.82) is 0 Å². The molecule has 0 saturated carbocycles. The minimum Gasteiger partial charge on any atom is -0.336 e. The summed E-state index contributed by atoms with van der Waals surface area (Å²) in [5.74, 6) is -0.751. The van der Waals surface area contributed by atoms with E-state index in [0.29, 0.717) is 0 Å². The summed E-state index contributed by atoms with van der Waals surface area (Å²) in [7, 11) is 0.284. The molecule has 4 nitrogen and oxygen atoms in total. The SMILES string of the molecule is C[NH+](C)Cc1ccc(CNS(=O)(=O)c2ccccc2F)cc1. The summed E-state index contributed by atoms with van der Waals surface area (Å²) in [6, 6.07) is 13.0. The van der Waals surface area contributed by atoms with E-state index in [2.05, 4.69) is 18.8 Å². The molecule has 2 N–H and O–H groups in total. The number of quaternary nitrogens is 1. The first-order valence-corrected chi connectivity index (χ1v) is 8.48. The van der Waals surface area contributed by atoms with E-state index in [4.69, 9.17) is 0 Å². The Balaban J connectivity index is 2.05. The molecule has 6 heteroatoms. The van der Waals surface area contributed by atoms with Crippen molar-refractivity contribution >= 4 is 10.0 Å². The second kappa shape index (κ2) is 7.00. The molecular weight excluding hydrogens is 303 g/mol. The lowest BCUT2D eigenvalue weighted by atomic mass is 10.1. The minimum atomic E-state index is -3.85. The van der Waals surface area contributed by atoms with E-state index in [1.165, 1.54) is 28.7 Å². The average molecular weight is 323 g/mol. The number of halogens is 1. The Morgan fingerprint density at radius 1 is 1.00 bits per heavy atom. The van der Waals surface area contributed by atoms with Gasteiger partial charge in [0, 0.05) is 12.1 Å². The lowest BCUT2D eigenvalue weighted by Gasteiger charge is -2.09. The predicted molar refractivity (Wildman–Crippen MR) is 83.4 cm³/mol. The molecule has 118 valence electrons. The molecule has 0 spiro atoms. The standard InChI is InChI=1S/C16H19FN2O2S/c1-19(2)12-14-9-7-13(8-10-14)11-18-22(20,21)16-6-4-3-5-15(16)17/h3-10,18H,11-12H2,1-2H3/p+1. The molecule has 22 heavy (non-hydrogen) atoms. The third kappa shape index (κ3) is 4.37. The van der Waals surface area contributed by atoms with Gasteiger partial charge >= 0.3 is 0 Å². The van der Waals surface area contributed by atoms with E-state index in [0.717, 1.165) is 18.2 Å². The Morgan fingerprint density at radius 2 is 1.59 bits per heavy atom. The van der Waals surface area contributed by atoms with Crippen LogP contribution in [0, 0.1) is 5.82 Å². The van der Waals surface area contributed by atoms with Gasteiger partial charge in [0.1, 0.15) is 17.3 Å². The summed E-state index contributed by atoms with van der Waals surface area (Å²) in [4.78, 5) is 0.982. The lowest BCUT2D eigenvalue weighted by Crippen LogP contribution is -3.04. The number of nitrogens with one attached hydrogen (secondary N) is 2. The Kier molecular flexibility index (Phi) is 5.28. The highest BCUT2D eigenvalue weighted by Gasteiger charge is 2.17. The third-order valence-corrected chi connectivity index (χ3v) is 4.61. The van der Waals surface area contributed by atoms with Gasteiger partial charge in [0.15, 0.2) is 0 Å². The van der Waals surface area contributed by atoms with Crippen LogP contribution in [0.5, 0.6) is 0 Å². The van der Waals surface area contributed by atoms with Crippen LogP contribution >= 0.6 is 0 Å². The van der Waals surface area contributed by atoms with Crippen molar-refractivity contribution in [2.24, 2.45) is 0 Å². The highest BCUT2D eigenvalue weighted by Crippen LogP contribution is 2.14. The van der Waals surface area contributed by atoms with Gasteiger partial charge in [-0.1, -0.05) is 36.4 Å². The molecule has 0 aliphatic heterocycles. The molecule has 0 unspecified atom stereocenters. The second-order valence-electron chi connectivity index (χ2n) is 5.46. The minimum absolute atomic E-state index is 0.131. The first-order valence-electron chi connectivity index (χ1n) is 6.99. The molecule has 0 bridgehead atoms. The molecule has 2 aromatic rings. The van der Waals surface area contributed by atoms with Crippen LogP contribution in [0.4, 0.5) is 4.39 Å². The molecule has 0 atom stereocenters. The van der Waals surface area contributed by atoms with Crippen molar-refractivity contribution in [3.8, 4) is 0 Å². The molecule has 0 radical (unpaired) electrons. The van der Waals surface area contributed by atoms with E-state index in [1.54, 1.807) is 0 Å². The van der Waals surface area contributed by atoms with Gasteiger partial charge in [0.2, 0.25) is 10.0 Å². The maximum absolute atomic E-state index is 13.6. The van der Waals surface area contributed by atoms with E-state index < -0.39 is 15.8 Å². The zero-order valence-corrected chi connectivity index (χ0v) is 13.5. The van der Waals surface area contributed by atoms with Crippen LogP contribution in [-0.4, -0.2) is 22.5 Å². The molecule has 0 aliphatic carbocycles.